The molecular weight excluding hydrogens is 413 g/mol. The lowest BCUT2D eigenvalue weighted by atomic mass is 10.0. The van der Waals surface area contributed by atoms with Crippen LogP contribution < -0.4 is 4.72 Å². The molecule has 164 valence electrons. The Bertz CT molecular complexity index is 969. The Hall–Kier alpha value is -2.06. The third-order valence-corrected chi connectivity index (χ3v) is 7.14. The van der Waals surface area contributed by atoms with E-state index in [0.717, 1.165) is 68.6 Å². The van der Waals surface area contributed by atoms with Crippen LogP contribution in [0.3, 0.4) is 0 Å². The van der Waals surface area contributed by atoms with E-state index in [1.165, 1.54) is 5.56 Å². The number of nitrogens with zero attached hydrogens (tertiary/aromatic N) is 1. The van der Waals surface area contributed by atoms with E-state index in [-0.39, 0.29) is 4.90 Å². The Morgan fingerprint density at radius 1 is 0.967 bits per heavy atom. The van der Waals surface area contributed by atoms with Crippen molar-refractivity contribution >= 4 is 15.7 Å². The minimum atomic E-state index is -4.50. The van der Waals surface area contributed by atoms with Crippen molar-refractivity contribution in [3.63, 3.8) is 0 Å². The molecule has 2 aromatic rings. The quantitative estimate of drug-likeness (QED) is 0.680. The van der Waals surface area contributed by atoms with Gasteiger partial charge in [-0.15, -0.1) is 0 Å². The summed E-state index contributed by atoms with van der Waals surface area (Å²) in [6, 6.07) is 9.55. The van der Waals surface area contributed by atoms with Crippen molar-refractivity contribution in [1.29, 1.82) is 0 Å². The molecule has 0 unspecified atom stereocenters. The van der Waals surface area contributed by atoms with Gasteiger partial charge in [-0.3, -0.25) is 9.62 Å². The SMILES string of the molecule is CCC(CC)N1CCc2ccc(NS(=O)(=O)c3ccc(C(F)(F)F)cc3)cc2CC1. The average Bonchev–Trinajstić information content (AvgIpc) is 2.91. The zero-order valence-corrected chi connectivity index (χ0v) is 18.0. The number of rotatable bonds is 6. The summed E-state index contributed by atoms with van der Waals surface area (Å²) in [5.41, 5.74) is 1.86. The summed E-state index contributed by atoms with van der Waals surface area (Å²) in [6.07, 6.45) is -0.551. The summed E-state index contributed by atoms with van der Waals surface area (Å²) in [4.78, 5) is 2.29. The maximum Gasteiger partial charge on any atom is 0.416 e. The molecule has 0 aromatic heterocycles. The lowest BCUT2D eigenvalue weighted by Crippen LogP contribution is -2.36. The first kappa shape index (κ1) is 22.6. The summed E-state index contributed by atoms with van der Waals surface area (Å²) in [5.74, 6) is 0. The molecule has 1 aliphatic heterocycles. The molecule has 30 heavy (non-hydrogen) atoms. The molecule has 0 aliphatic carbocycles. The van der Waals surface area contributed by atoms with Crippen LogP contribution in [0.4, 0.5) is 18.9 Å². The predicted octanol–water partition coefficient (Wildman–Crippen LogP) is 5.10. The standard InChI is InChI=1S/C22H27F3N2O2S/c1-3-20(4-2)27-13-11-16-5-8-19(15-17(16)12-14-27)26-30(28,29)21-9-6-18(7-10-21)22(23,24)25/h5-10,15,20,26H,3-4,11-14H2,1-2H3. The minimum absolute atomic E-state index is 0.203. The van der Waals surface area contributed by atoms with Gasteiger partial charge in [0.2, 0.25) is 0 Å². The van der Waals surface area contributed by atoms with Gasteiger partial charge in [-0.1, -0.05) is 19.9 Å². The van der Waals surface area contributed by atoms with Gasteiger partial charge in [-0.2, -0.15) is 13.2 Å². The maximum atomic E-state index is 12.7. The lowest BCUT2D eigenvalue weighted by Gasteiger charge is -2.28. The molecule has 8 heteroatoms. The van der Waals surface area contributed by atoms with Gasteiger partial charge in [-0.05, 0) is 73.2 Å². The third-order valence-electron chi connectivity index (χ3n) is 5.75. The highest BCUT2D eigenvalue weighted by atomic mass is 32.2. The van der Waals surface area contributed by atoms with Gasteiger partial charge in [0.25, 0.3) is 10.0 Å². The summed E-state index contributed by atoms with van der Waals surface area (Å²) >= 11 is 0. The molecule has 0 atom stereocenters. The number of benzene rings is 2. The first-order chi connectivity index (χ1) is 14.1. The van der Waals surface area contributed by atoms with Gasteiger partial charge in [0.05, 0.1) is 10.5 Å². The molecule has 0 radical (unpaired) electrons. The van der Waals surface area contributed by atoms with Gasteiger partial charge in [0.15, 0.2) is 0 Å². The van der Waals surface area contributed by atoms with E-state index in [9.17, 15) is 21.6 Å². The average molecular weight is 441 g/mol. The summed E-state index contributed by atoms with van der Waals surface area (Å²) in [7, 11) is -3.97. The maximum absolute atomic E-state index is 12.7. The fraction of sp³-hybridized carbons (Fsp3) is 0.455. The fourth-order valence-electron chi connectivity index (χ4n) is 4.01. The molecule has 1 heterocycles. The van der Waals surface area contributed by atoms with Crippen LogP contribution in [0.1, 0.15) is 43.4 Å². The smallest absolute Gasteiger partial charge is 0.300 e. The molecule has 0 saturated carbocycles. The topological polar surface area (TPSA) is 49.4 Å². The summed E-state index contributed by atoms with van der Waals surface area (Å²) < 4.78 is 65.9. The van der Waals surface area contributed by atoms with Gasteiger partial charge >= 0.3 is 6.18 Å². The number of nitrogens with one attached hydrogen (secondary N) is 1. The second kappa shape index (κ2) is 8.98. The number of alkyl halides is 3. The van der Waals surface area contributed by atoms with Crippen molar-refractivity contribution in [2.24, 2.45) is 0 Å². The number of anilines is 1. The number of fused-ring (bicyclic) bond motifs is 1. The van der Waals surface area contributed by atoms with Crippen LogP contribution in [-0.4, -0.2) is 32.4 Å². The van der Waals surface area contributed by atoms with Crippen LogP contribution >= 0.6 is 0 Å². The van der Waals surface area contributed by atoms with E-state index in [4.69, 9.17) is 0 Å². The van der Waals surface area contributed by atoms with Crippen LogP contribution in [-0.2, 0) is 29.0 Å². The van der Waals surface area contributed by atoms with E-state index in [1.807, 2.05) is 12.1 Å². The van der Waals surface area contributed by atoms with Gasteiger partial charge in [0, 0.05) is 24.8 Å². The monoisotopic (exact) mass is 440 g/mol. The molecular formula is C22H27F3N2O2S. The summed E-state index contributed by atoms with van der Waals surface area (Å²) in [5, 5.41) is 0. The van der Waals surface area contributed by atoms with E-state index in [1.54, 1.807) is 6.07 Å². The van der Waals surface area contributed by atoms with Crippen LogP contribution in [0.2, 0.25) is 0 Å². The first-order valence-corrected chi connectivity index (χ1v) is 11.7. The Morgan fingerprint density at radius 2 is 1.57 bits per heavy atom. The largest absolute Gasteiger partial charge is 0.416 e. The fourth-order valence-corrected chi connectivity index (χ4v) is 5.06. The summed E-state index contributed by atoms with van der Waals surface area (Å²) in [6.45, 7) is 6.30. The highest BCUT2D eigenvalue weighted by Gasteiger charge is 2.30. The van der Waals surface area contributed by atoms with Crippen molar-refractivity contribution in [3.05, 3.63) is 59.2 Å². The lowest BCUT2D eigenvalue weighted by molar-refractivity contribution is -0.137. The van der Waals surface area contributed by atoms with E-state index >= 15 is 0 Å². The van der Waals surface area contributed by atoms with Gasteiger partial charge in [-0.25, -0.2) is 8.42 Å². The molecule has 1 N–H and O–H groups in total. The zero-order chi connectivity index (χ0) is 21.9. The third kappa shape index (κ3) is 5.16. The van der Waals surface area contributed by atoms with Gasteiger partial charge in [0.1, 0.15) is 0 Å². The van der Waals surface area contributed by atoms with E-state index < -0.39 is 21.8 Å². The molecule has 0 amide bonds. The van der Waals surface area contributed by atoms with Crippen molar-refractivity contribution in [2.75, 3.05) is 17.8 Å². The predicted molar refractivity (Wildman–Crippen MR) is 112 cm³/mol. The Kier molecular flexibility index (Phi) is 6.77. The Morgan fingerprint density at radius 3 is 2.13 bits per heavy atom. The second-order valence-electron chi connectivity index (χ2n) is 7.62. The number of sulfonamides is 1. The van der Waals surface area contributed by atoms with Crippen molar-refractivity contribution in [3.8, 4) is 0 Å². The van der Waals surface area contributed by atoms with Gasteiger partial charge < -0.3 is 0 Å². The second-order valence-corrected chi connectivity index (χ2v) is 9.30. The van der Waals surface area contributed by atoms with Crippen molar-refractivity contribution < 1.29 is 21.6 Å². The number of hydrogen-bond acceptors (Lipinski definition) is 3. The normalized spacial score (nSPS) is 15.7. The minimum Gasteiger partial charge on any atom is -0.300 e. The van der Waals surface area contributed by atoms with Crippen molar-refractivity contribution in [1.82, 2.24) is 4.90 Å². The number of halogens is 3. The van der Waals surface area contributed by atoms with Crippen LogP contribution in [0.5, 0.6) is 0 Å². The highest BCUT2D eigenvalue weighted by molar-refractivity contribution is 7.92. The molecule has 1 aliphatic rings. The first-order valence-electron chi connectivity index (χ1n) is 10.2. The molecule has 3 rings (SSSR count). The van der Waals surface area contributed by atoms with E-state index in [0.29, 0.717) is 11.7 Å². The van der Waals surface area contributed by atoms with E-state index in [2.05, 4.69) is 23.5 Å². The molecule has 4 nitrogen and oxygen atoms in total. The molecule has 0 spiro atoms. The zero-order valence-electron chi connectivity index (χ0n) is 17.2. The molecule has 2 aromatic carbocycles. The molecule has 0 bridgehead atoms. The van der Waals surface area contributed by atoms with Crippen LogP contribution in [0.25, 0.3) is 0 Å². The Labute approximate surface area is 176 Å². The van der Waals surface area contributed by atoms with Crippen molar-refractivity contribution in [2.45, 2.75) is 56.6 Å². The molecule has 0 saturated heterocycles. The Balaban J connectivity index is 1.76. The number of hydrogen-bond donors (Lipinski definition) is 1. The van der Waals surface area contributed by atoms with Crippen LogP contribution in [0.15, 0.2) is 47.4 Å². The van der Waals surface area contributed by atoms with Crippen LogP contribution in [0, 0.1) is 0 Å². The highest BCUT2D eigenvalue weighted by Crippen LogP contribution is 2.30. The molecule has 0 fully saturated rings.